The number of halogens is 2. The van der Waals surface area contributed by atoms with Gasteiger partial charge in [0, 0.05) is 17.1 Å². The van der Waals surface area contributed by atoms with Gasteiger partial charge in [-0.25, -0.2) is 4.39 Å². The predicted molar refractivity (Wildman–Crippen MR) is 112 cm³/mol. The van der Waals surface area contributed by atoms with Gasteiger partial charge in [-0.2, -0.15) is 0 Å². The van der Waals surface area contributed by atoms with Crippen LogP contribution in [0, 0.1) is 12.7 Å². The van der Waals surface area contributed by atoms with E-state index in [2.05, 4.69) is 0 Å². The third-order valence-electron chi connectivity index (χ3n) is 5.12. The summed E-state index contributed by atoms with van der Waals surface area (Å²) in [5.74, 6) is -1.06. The van der Waals surface area contributed by atoms with Gasteiger partial charge < -0.3 is 10.0 Å². The van der Waals surface area contributed by atoms with Crippen molar-refractivity contribution in [2.24, 2.45) is 0 Å². The third-order valence-corrected chi connectivity index (χ3v) is 5.37. The topological polar surface area (TPSA) is 40.5 Å². The van der Waals surface area contributed by atoms with E-state index in [-0.39, 0.29) is 18.1 Å². The molecule has 0 radical (unpaired) electrons. The molecular weight excluding hydrogens is 389 g/mol. The van der Waals surface area contributed by atoms with E-state index in [4.69, 9.17) is 11.6 Å². The molecule has 3 aromatic carbocycles. The minimum atomic E-state index is -0.479. The molecule has 0 aromatic heterocycles. The Labute approximate surface area is 173 Å². The highest BCUT2D eigenvalue weighted by Gasteiger charge is 2.40. The van der Waals surface area contributed by atoms with Crippen LogP contribution in [0.15, 0.2) is 78.6 Å². The number of amides is 1. The van der Waals surface area contributed by atoms with Gasteiger partial charge in [0.15, 0.2) is 5.76 Å². The van der Waals surface area contributed by atoms with Crippen LogP contribution >= 0.6 is 11.6 Å². The minimum absolute atomic E-state index is 0.242. The Morgan fingerprint density at radius 2 is 1.59 bits per heavy atom. The van der Waals surface area contributed by atoms with E-state index in [1.165, 1.54) is 12.1 Å². The number of rotatable bonds is 4. The summed E-state index contributed by atoms with van der Waals surface area (Å²) in [6.07, 6.45) is 0. The maximum absolute atomic E-state index is 13.3. The summed E-state index contributed by atoms with van der Waals surface area (Å²) in [5, 5.41) is 11.4. The molecule has 4 rings (SSSR count). The summed E-state index contributed by atoms with van der Waals surface area (Å²) in [4.78, 5) is 14.6. The Bertz CT molecular complexity index is 1070. The molecule has 5 heteroatoms. The molecule has 1 atom stereocenters. The highest BCUT2D eigenvalue weighted by atomic mass is 35.5. The Morgan fingerprint density at radius 1 is 0.966 bits per heavy atom. The maximum atomic E-state index is 13.3. The van der Waals surface area contributed by atoms with Crippen molar-refractivity contribution in [1.82, 2.24) is 4.90 Å². The first-order chi connectivity index (χ1) is 13.9. The van der Waals surface area contributed by atoms with Crippen LogP contribution in [-0.2, 0) is 11.3 Å². The van der Waals surface area contributed by atoms with E-state index in [0.29, 0.717) is 10.6 Å². The lowest BCUT2D eigenvalue weighted by molar-refractivity contribution is -0.130. The SMILES string of the molecule is Cc1ccc(C2=C(O)C(=O)N(Cc3ccc(F)cc3)[C@H]2c2ccc(Cl)cc2)cc1. The predicted octanol–water partition coefficient (Wildman–Crippen LogP) is 5.84. The van der Waals surface area contributed by atoms with Gasteiger partial charge in [0.1, 0.15) is 5.82 Å². The van der Waals surface area contributed by atoms with Crippen molar-refractivity contribution < 1.29 is 14.3 Å². The van der Waals surface area contributed by atoms with Gasteiger partial charge in [-0.3, -0.25) is 4.79 Å². The zero-order valence-corrected chi connectivity index (χ0v) is 16.5. The van der Waals surface area contributed by atoms with Crippen molar-refractivity contribution in [1.29, 1.82) is 0 Å². The first kappa shape index (κ1) is 19.2. The molecule has 3 nitrogen and oxygen atoms in total. The number of nitrogens with zero attached hydrogens (tertiary/aromatic N) is 1. The van der Waals surface area contributed by atoms with Gasteiger partial charge in [0.2, 0.25) is 0 Å². The highest BCUT2D eigenvalue weighted by molar-refractivity contribution is 6.30. The van der Waals surface area contributed by atoms with Crippen molar-refractivity contribution in [3.05, 3.63) is 112 Å². The van der Waals surface area contributed by atoms with Gasteiger partial charge in [-0.15, -0.1) is 0 Å². The summed E-state index contributed by atoms with van der Waals surface area (Å²) in [7, 11) is 0. The number of benzene rings is 3. The van der Waals surface area contributed by atoms with Crippen molar-refractivity contribution >= 4 is 23.1 Å². The molecule has 1 amide bonds. The molecular formula is C24H19ClFNO2. The molecule has 0 saturated heterocycles. The van der Waals surface area contributed by atoms with Crippen LogP contribution in [0.5, 0.6) is 0 Å². The number of carbonyl (C=O) groups excluding carboxylic acids is 1. The number of hydrogen-bond donors (Lipinski definition) is 1. The standard InChI is InChI=1S/C24H19ClFNO2/c1-15-2-6-17(7-3-15)21-22(18-8-10-19(25)11-9-18)27(24(29)23(21)28)14-16-4-12-20(26)13-5-16/h2-13,22,28H,14H2,1H3/t22-/m0/s1. The molecule has 1 aliphatic heterocycles. The van der Waals surface area contributed by atoms with Crippen molar-refractivity contribution in [3.63, 3.8) is 0 Å². The van der Waals surface area contributed by atoms with E-state index in [0.717, 1.165) is 22.3 Å². The number of carbonyl (C=O) groups is 1. The Kier molecular flexibility index (Phi) is 5.12. The minimum Gasteiger partial charge on any atom is -0.503 e. The van der Waals surface area contributed by atoms with Crippen LogP contribution in [-0.4, -0.2) is 15.9 Å². The first-order valence-electron chi connectivity index (χ1n) is 9.25. The van der Waals surface area contributed by atoms with E-state index in [9.17, 15) is 14.3 Å². The quantitative estimate of drug-likeness (QED) is 0.590. The fraction of sp³-hybridized carbons (Fsp3) is 0.125. The molecule has 3 aromatic rings. The summed E-state index contributed by atoms with van der Waals surface area (Å²) >= 11 is 6.05. The van der Waals surface area contributed by atoms with Gasteiger partial charge in [0.25, 0.3) is 5.91 Å². The van der Waals surface area contributed by atoms with Crippen LogP contribution in [0.4, 0.5) is 4.39 Å². The molecule has 29 heavy (non-hydrogen) atoms. The maximum Gasteiger partial charge on any atom is 0.290 e. The average Bonchev–Trinajstić information content (AvgIpc) is 2.96. The van der Waals surface area contributed by atoms with Crippen molar-refractivity contribution in [2.45, 2.75) is 19.5 Å². The lowest BCUT2D eigenvalue weighted by atomic mass is 9.93. The monoisotopic (exact) mass is 407 g/mol. The molecule has 0 unspecified atom stereocenters. The molecule has 0 fully saturated rings. The second kappa shape index (κ2) is 7.72. The lowest BCUT2D eigenvalue weighted by Gasteiger charge is -2.27. The summed E-state index contributed by atoms with van der Waals surface area (Å²) in [6, 6.07) is 20.5. The summed E-state index contributed by atoms with van der Waals surface area (Å²) < 4.78 is 13.3. The molecule has 0 saturated carbocycles. The van der Waals surface area contributed by atoms with E-state index in [1.54, 1.807) is 29.2 Å². The van der Waals surface area contributed by atoms with Crippen molar-refractivity contribution in [3.8, 4) is 0 Å². The molecule has 1 heterocycles. The summed E-state index contributed by atoms with van der Waals surface area (Å²) in [6.45, 7) is 2.22. The first-order valence-corrected chi connectivity index (χ1v) is 9.63. The third kappa shape index (κ3) is 3.76. The zero-order chi connectivity index (χ0) is 20.5. The normalized spacial score (nSPS) is 16.6. The Hall–Kier alpha value is -3.11. The number of hydrogen-bond acceptors (Lipinski definition) is 2. The van der Waals surface area contributed by atoms with Gasteiger partial charge in [-0.1, -0.05) is 65.7 Å². The lowest BCUT2D eigenvalue weighted by Crippen LogP contribution is -2.29. The largest absolute Gasteiger partial charge is 0.503 e. The second-order valence-electron chi connectivity index (χ2n) is 7.14. The van der Waals surface area contributed by atoms with E-state index >= 15 is 0 Å². The van der Waals surface area contributed by atoms with E-state index < -0.39 is 11.9 Å². The van der Waals surface area contributed by atoms with Crippen LogP contribution in [0.1, 0.15) is 28.3 Å². The number of aliphatic hydroxyl groups excluding tert-OH is 1. The molecule has 0 spiro atoms. The molecule has 0 bridgehead atoms. The number of aliphatic hydroxyl groups is 1. The molecule has 146 valence electrons. The molecule has 1 N–H and O–H groups in total. The Balaban J connectivity index is 1.80. The zero-order valence-electron chi connectivity index (χ0n) is 15.8. The fourth-order valence-electron chi connectivity index (χ4n) is 3.62. The van der Waals surface area contributed by atoms with Crippen molar-refractivity contribution in [2.75, 3.05) is 0 Å². The fourth-order valence-corrected chi connectivity index (χ4v) is 3.75. The van der Waals surface area contributed by atoms with Crippen LogP contribution in [0.3, 0.4) is 0 Å². The Morgan fingerprint density at radius 3 is 2.21 bits per heavy atom. The molecule has 1 aliphatic rings. The van der Waals surface area contributed by atoms with Gasteiger partial charge >= 0.3 is 0 Å². The van der Waals surface area contributed by atoms with Crippen LogP contribution < -0.4 is 0 Å². The van der Waals surface area contributed by atoms with Gasteiger partial charge in [0.05, 0.1) is 6.04 Å². The smallest absolute Gasteiger partial charge is 0.290 e. The highest BCUT2D eigenvalue weighted by Crippen LogP contribution is 2.43. The average molecular weight is 408 g/mol. The number of aryl methyl sites for hydroxylation is 1. The second-order valence-corrected chi connectivity index (χ2v) is 7.58. The van der Waals surface area contributed by atoms with Crippen LogP contribution in [0.2, 0.25) is 5.02 Å². The van der Waals surface area contributed by atoms with Gasteiger partial charge in [-0.05, 0) is 47.9 Å². The van der Waals surface area contributed by atoms with E-state index in [1.807, 2.05) is 43.3 Å². The molecule has 0 aliphatic carbocycles. The van der Waals surface area contributed by atoms with Crippen LogP contribution in [0.25, 0.3) is 5.57 Å². The summed E-state index contributed by atoms with van der Waals surface area (Å²) in [5.41, 5.74) is 4.04.